The molecule has 0 atom stereocenters. The lowest BCUT2D eigenvalue weighted by Gasteiger charge is -2.00. The highest BCUT2D eigenvalue weighted by Crippen LogP contribution is 1.98. The largest absolute Gasteiger partial charge is 0.467 e. The van der Waals surface area contributed by atoms with Gasteiger partial charge in [-0.05, 0) is 12.1 Å². The van der Waals surface area contributed by atoms with Crippen molar-refractivity contribution >= 4 is 23.1 Å². The van der Waals surface area contributed by atoms with E-state index >= 15 is 0 Å². The van der Waals surface area contributed by atoms with Crippen LogP contribution in [0.15, 0.2) is 22.8 Å². The third-order valence-electron chi connectivity index (χ3n) is 1.37. The predicted octanol–water partition coefficient (Wildman–Crippen LogP) is 0.572. The number of furan rings is 1. The van der Waals surface area contributed by atoms with Crippen LogP contribution in [-0.2, 0) is 11.3 Å². The third-order valence-corrected chi connectivity index (χ3v) is 1.52. The monoisotopic (exact) mass is 198 g/mol. The maximum atomic E-state index is 11.0. The van der Waals surface area contributed by atoms with Crippen molar-refractivity contribution in [2.24, 2.45) is 5.73 Å². The number of hydrogen-bond donors (Lipinski definition) is 2. The first-order valence-electron chi connectivity index (χ1n) is 3.76. The second kappa shape index (κ2) is 4.61. The Labute approximate surface area is 81.1 Å². The molecule has 1 heterocycles. The summed E-state index contributed by atoms with van der Waals surface area (Å²) >= 11 is 4.58. The van der Waals surface area contributed by atoms with Gasteiger partial charge in [0.15, 0.2) is 0 Å². The van der Waals surface area contributed by atoms with Gasteiger partial charge in [-0.3, -0.25) is 4.79 Å². The molecule has 3 N–H and O–H groups in total. The highest BCUT2D eigenvalue weighted by molar-refractivity contribution is 7.80. The fraction of sp³-hybridized carbons (Fsp3) is 0.250. The molecule has 0 fully saturated rings. The smallest absolute Gasteiger partial charge is 0.227 e. The van der Waals surface area contributed by atoms with Gasteiger partial charge in [0.2, 0.25) is 5.91 Å². The van der Waals surface area contributed by atoms with E-state index in [1.807, 2.05) is 0 Å². The zero-order valence-corrected chi connectivity index (χ0v) is 7.76. The van der Waals surface area contributed by atoms with E-state index in [0.717, 1.165) is 0 Å². The van der Waals surface area contributed by atoms with Gasteiger partial charge in [-0.15, -0.1) is 0 Å². The Morgan fingerprint density at radius 3 is 3.00 bits per heavy atom. The van der Waals surface area contributed by atoms with Crippen LogP contribution in [0.2, 0.25) is 0 Å². The number of thiocarbonyl (C=S) groups is 1. The van der Waals surface area contributed by atoms with Gasteiger partial charge in [-0.1, -0.05) is 12.2 Å². The van der Waals surface area contributed by atoms with Crippen molar-refractivity contribution in [1.82, 2.24) is 5.32 Å². The number of amides is 1. The maximum absolute atomic E-state index is 11.0. The summed E-state index contributed by atoms with van der Waals surface area (Å²) in [4.78, 5) is 11.2. The highest BCUT2D eigenvalue weighted by Gasteiger charge is 2.03. The Kier molecular flexibility index (Phi) is 3.45. The molecule has 1 aromatic heterocycles. The van der Waals surface area contributed by atoms with Crippen LogP contribution in [-0.4, -0.2) is 10.9 Å². The van der Waals surface area contributed by atoms with E-state index in [0.29, 0.717) is 12.3 Å². The van der Waals surface area contributed by atoms with E-state index in [-0.39, 0.29) is 17.3 Å². The molecule has 0 aromatic carbocycles. The minimum Gasteiger partial charge on any atom is -0.467 e. The van der Waals surface area contributed by atoms with Crippen molar-refractivity contribution < 1.29 is 9.21 Å². The van der Waals surface area contributed by atoms with Crippen LogP contribution in [0, 0.1) is 0 Å². The van der Waals surface area contributed by atoms with Crippen LogP contribution in [0.3, 0.4) is 0 Å². The van der Waals surface area contributed by atoms with Crippen LogP contribution >= 0.6 is 12.2 Å². The molecule has 0 bridgehead atoms. The number of carbonyl (C=O) groups is 1. The quantitative estimate of drug-likeness (QED) is 0.694. The zero-order chi connectivity index (χ0) is 9.68. The van der Waals surface area contributed by atoms with Gasteiger partial charge < -0.3 is 15.5 Å². The van der Waals surface area contributed by atoms with Crippen LogP contribution in [0.4, 0.5) is 0 Å². The minimum atomic E-state index is -0.191. The van der Waals surface area contributed by atoms with E-state index in [4.69, 9.17) is 10.2 Å². The van der Waals surface area contributed by atoms with Crippen LogP contribution < -0.4 is 11.1 Å². The number of nitrogens with one attached hydrogen (secondary N) is 1. The number of carbonyl (C=O) groups excluding carboxylic acids is 1. The van der Waals surface area contributed by atoms with Crippen LogP contribution in [0.5, 0.6) is 0 Å². The summed E-state index contributed by atoms with van der Waals surface area (Å²) in [6, 6.07) is 3.54. The number of nitrogens with two attached hydrogens (primary N) is 1. The SMILES string of the molecule is NC(=S)CC(=O)NCc1ccco1. The molecular weight excluding hydrogens is 188 g/mol. The van der Waals surface area contributed by atoms with Gasteiger partial charge in [-0.25, -0.2) is 0 Å². The Morgan fingerprint density at radius 1 is 1.69 bits per heavy atom. The van der Waals surface area contributed by atoms with Gasteiger partial charge >= 0.3 is 0 Å². The maximum Gasteiger partial charge on any atom is 0.227 e. The molecule has 4 nitrogen and oxygen atoms in total. The van der Waals surface area contributed by atoms with E-state index in [1.54, 1.807) is 18.4 Å². The number of rotatable bonds is 4. The van der Waals surface area contributed by atoms with E-state index in [9.17, 15) is 4.79 Å². The molecule has 1 amide bonds. The van der Waals surface area contributed by atoms with E-state index in [1.165, 1.54) is 0 Å². The topological polar surface area (TPSA) is 68.3 Å². The van der Waals surface area contributed by atoms with Crippen molar-refractivity contribution in [1.29, 1.82) is 0 Å². The van der Waals surface area contributed by atoms with Gasteiger partial charge in [0.05, 0.1) is 24.2 Å². The molecule has 1 aromatic rings. The first-order valence-corrected chi connectivity index (χ1v) is 4.16. The molecule has 1 rings (SSSR count). The Balaban J connectivity index is 2.27. The van der Waals surface area contributed by atoms with Crippen molar-refractivity contribution in [3.8, 4) is 0 Å². The standard InChI is InChI=1S/C8H10N2O2S/c9-7(13)4-8(11)10-5-6-2-1-3-12-6/h1-3H,4-5H2,(H2,9,13)(H,10,11). The second-order valence-corrected chi connectivity index (χ2v) is 3.02. The Bertz CT molecular complexity index is 295. The van der Waals surface area contributed by atoms with Crippen molar-refractivity contribution in [3.63, 3.8) is 0 Å². The minimum absolute atomic E-state index is 0.0794. The molecule has 0 aliphatic heterocycles. The lowest BCUT2D eigenvalue weighted by atomic mass is 10.4. The third kappa shape index (κ3) is 3.71. The molecular formula is C8H10N2O2S. The normalized spacial score (nSPS) is 9.54. The van der Waals surface area contributed by atoms with Gasteiger partial charge in [0.25, 0.3) is 0 Å². The van der Waals surface area contributed by atoms with E-state index in [2.05, 4.69) is 17.5 Å². The van der Waals surface area contributed by atoms with Crippen molar-refractivity contribution in [2.75, 3.05) is 0 Å². The number of hydrogen-bond acceptors (Lipinski definition) is 3. The molecule has 0 aliphatic carbocycles. The van der Waals surface area contributed by atoms with Gasteiger partial charge in [-0.2, -0.15) is 0 Å². The summed E-state index contributed by atoms with van der Waals surface area (Å²) in [5, 5.41) is 2.62. The van der Waals surface area contributed by atoms with Crippen LogP contribution in [0.25, 0.3) is 0 Å². The summed E-state index contributed by atoms with van der Waals surface area (Å²) in [7, 11) is 0. The molecule has 13 heavy (non-hydrogen) atoms. The van der Waals surface area contributed by atoms with Gasteiger partial charge in [0.1, 0.15) is 5.76 Å². The summed E-state index contributed by atoms with van der Waals surface area (Å²) in [5.74, 6) is 0.514. The highest BCUT2D eigenvalue weighted by atomic mass is 32.1. The summed E-state index contributed by atoms with van der Waals surface area (Å²) < 4.78 is 5.01. The Morgan fingerprint density at radius 2 is 2.46 bits per heavy atom. The molecule has 0 unspecified atom stereocenters. The average Bonchev–Trinajstić information content (AvgIpc) is 2.51. The molecule has 0 radical (unpaired) electrons. The van der Waals surface area contributed by atoms with E-state index < -0.39 is 0 Å². The molecule has 5 heteroatoms. The summed E-state index contributed by atoms with van der Waals surface area (Å²) in [6.07, 6.45) is 1.63. The molecule has 0 saturated heterocycles. The van der Waals surface area contributed by atoms with Crippen LogP contribution in [0.1, 0.15) is 12.2 Å². The lowest BCUT2D eigenvalue weighted by molar-refractivity contribution is -0.120. The Hall–Kier alpha value is -1.36. The zero-order valence-electron chi connectivity index (χ0n) is 6.95. The second-order valence-electron chi connectivity index (χ2n) is 2.50. The lowest BCUT2D eigenvalue weighted by Crippen LogP contribution is -2.26. The van der Waals surface area contributed by atoms with Crippen molar-refractivity contribution in [2.45, 2.75) is 13.0 Å². The predicted molar refractivity (Wildman–Crippen MR) is 52.0 cm³/mol. The summed E-state index contributed by atoms with van der Waals surface area (Å²) in [5.41, 5.74) is 5.19. The molecule has 70 valence electrons. The first kappa shape index (κ1) is 9.73. The molecule has 0 saturated carbocycles. The fourth-order valence-corrected chi connectivity index (χ4v) is 0.951. The van der Waals surface area contributed by atoms with Gasteiger partial charge in [0, 0.05) is 0 Å². The fourth-order valence-electron chi connectivity index (χ4n) is 0.820. The first-order chi connectivity index (χ1) is 6.18. The molecule has 0 aliphatic rings. The summed E-state index contributed by atoms with van der Waals surface area (Å²) in [6.45, 7) is 0.369. The average molecular weight is 198 g/mol. The van der Waals surface area contributed by atoms with Crippen molar-refractivity contribution in [3.05, 3.63) is 24.2 Å². The molecule has 0 spiro atoms.